The Morgan fingerprint density at radius 2 is 1.97 bits per heavy atom. The lowest BCUT2D eigenvalue weighted by Gasteiger charge is -2.32. The number of H-pyrrole nitrogens is 1. The Hall–Kier alpha value is -3.24. The molecule has 1 fully saturated rings. The van der Waals surface area contributed by atoms with E-state index in [9.17, 15) is 18.0 Å². The van der Waals surface area contributed by atoms with Gasteiger partial charge < -0.3 is 15.2 Å². The molecule has 9 nitrogen and oxygen atoms in total. The molecule has 1 saturated heterocycles. The largest absolute Gasteiger partial charge is 0.355 e. The third-order valence-electron chi connectivity index (χ3n) is 7.04. The highest BCUT2D eigenvalue weighted by Gasteiger charge is 2.34. The van der Waals surface area contributed by atoms with Gasteiger partial charge in [-0.2, -0.15) is 4.31 Å². The number of anilines is 1. The number of aromatic nitrogens is 2. The number of hydrogen-bond acceptors (Lipinski definition) is 5. The summed E-state index contributed by atoms with van der Waals surface area (Å²) in [6.07, 6.45) is 3.39. The SMILES string of the molecule is CC(=O)N1CCCc2cc(S(=O)(=O)N3CCC[C@H](C(=O)NCCc4nc5ccccc5[nH]4)C3)ccc21. The van der Waals surface area contributed by atoms with Crippen LogP contribution in [0.25, 0.3) is 11.0 Å². The van der Waals surface area contributed by atoms with Gasteiger partial charge in [0, 0.05) is 45.2 Å². The summed E-state index contributed by atoms with van der Waals surface area (Å²) in [5, 5.41) is 2.96. The van der Waals surface area contributed by atoms with E-state index in [1.165, 1.54) is 11.2 Å². The molecule has 5 rings (SSSR count). The van der Waals surface area contributed by atoms with Crippen molar-refractivity contribution in [3.8, 4) is 0 Å². The monoisotopic (exact) mass is 509 g/mol. The van der Waals surface area contributed by atoms with E-state index in [0.717, 1.165) is 41.0 Å². The first-order valence-electron chi connectivity index (χ1n) is 12.5. The lowest BCUT2D eigenvalue weighted by Crippen LogP contribution is -2.45. The topological polar surface area (TPSA) is 115 Å². The predicted octanol–water partition coefficient (Wildman–Crippen LogP) is 2.62. The first-order chi connectivity index (χ1) is 17.3. The molecule has 0 bridgehead atoms. The fourth-order valence-electron chi connectivity index (χ4n) is 5.16. The number of benzene rings is 2. The zero-order valence-corrected chi connectivity index (χ0v) is 21.2. The van der Waals surface area contributed by atoms with Gasteiger partial charge in [-0.3, -0.25) is 9.59 Å². The molecule has 36 heavy (non-hydrogen) atoms. The molecule has 2 aliphatic rings. The van der Waals surface area contributed by atoms with Gasteiger partial charge in [0.2, 0.25) is 21.8 Å². The lowest BCUT2D eigenvalue weighted by atomic mass is 9.99. The number of carbonyl (C=O) groups excluding carboxylic acids is 2. The molecule has 3 heterocycles. The van der Waals surface area contributed by atoms with E-state index in [1.54, 1.807) is 23.1 Å². The third-order valence-corrected chi connectivity index (χ3v) is 8.90. The first kappa shape index (κ1) is 24.5. The number of carbonyl (C=O) groups is 2. The minimum absolute atomic E-state index is 0.0447. The van der Waals surface area contributed by atoms with Crippen molar-refractivity contribution in [1.82, 2.24) is 19.6 Å². The van der Waals surface area contributed by atoms with Crippen molar-refractivity contribution >= 4 is 38.6 Å². The Balaban J connectivity index is 1.22. The van der Waals surface area contributed by atoms with Gasteiger partial charge in [-0.15, -0.1) is 0 Å². The summed E-state index contributed by atoms with van der Waals surface area (Å²) in [5.41, 5.74) is 3.51. The summed E-state index contributed by atoms with van der Waals surface area (Å²) < 4.78 is 28.3. The Labute approximate surface area is 210 Å². The van der Waals surface area contributed by atoms with E-state index < -0.39 is 15.9 Å². The van der Waals surface area contributed by atoms with Gasteiger partial charge in [-0.1, -0.05) is 12.1 Å². The van der Waals surface area contributed by atoms with Crippen molar-refractivity contribution in [2.75, 3.05) is 31.1 Å². The summed E-state index contributed by atoms with van der Waals surface area (Å²) in [6, 6.07) is 12.8. The molecular weight excluding hydrogens is 478 g/mol. The van der Waals surface area contributed by atoms with Crippen LogP contribution in [0.2, 0.25) is 0 Å². The average molecular weight is 510 g/mol. The van der Waals surface area contributed by atoms with E-state index in [2.05, 4.69) is 15.3 Å². The van der Waals surface area contributed by atoms with Gasteiger partial charge in [0.05, 0.1) is 21.8 Å². The summed E-state index contributed by atoms with van der Waals surface area (Å²) in [7, 11) is -3.74. The Kier molecular flexibility index (Phi) is 6.81. The fraction of sp³-hybridized carbons (Fsp3) is 0.423. The first-order valence-corrected chi connectivity index (χ1v) is 13.9. The number of imidazole rings is 1. The van der Waals surface area contributed by atoms with Crippen molar-refractivity contribution in [2.45, 2.75) is 43.9 Å². The number of sulfonamides is 1. The number of rotatable bonds is 6. The number of amides is 2. The predicted molar refractivity (Wildman–Crippen MR) is 137 cm³/mol. The normalized spacial score (nSPS) is 18.7. The summed E-state index contributed by atoms with van der Waals surface area (Å²) in [4.78, 5) is 34.5. The highest BCUT2D eigenvalue weighted by molar-refractivity contribution is 7.89. The molecule has 3 aromatic rings. The van der Waals surface area contributed by atoms with Crippen LogP contribution >= 0.6 is 0 Å². The van der Waals surface area contributed by atoms with Crippen molar-refractivity contribution in [2.24, 2.45) is 5.92 Å². The van der Waals surface area contributed by atoms with Crippen LogP contribution in [-0.4, -0.2) is 60.7 Å². The lowest BCUT2D eigenvalue weighted by molar-refractivity contribution is -0.126. The van der Waals surface area contributed by atoms with Crippen LogP contribution in [0.4, 0.5) is 5.69 Å². The maximum absolute atomic E-state index is 13.4. The van der Waals surface area contributed by atoms with Gasteiger partial charge in [-0.25, -0.2) is 13.4 Å². The minimum atomic E-state index is -3.74. The molecule has 10 heteroatoms. The van der Waals surface area contributed by atoms with E-state index >= 15 is 0 Å². The summed E-state index contributed by atoms with van der Waals surface area (Å²) >= 11 is 0. The molecule has 0 saturated carbocycles. The number of aromatic amines is 1. The van der Waals surface area contributed by atoms with Crippen molar-refractivity contribution in [1.29, 1.82) is 0 Å². The van der Waals surface area contributed by atoms with Crippen LogP contribution in [0.3, 0.4) is 0 Å². The molecule has 2 N–H and O–H groups in total. The number of aryl methyl sites for hydroxylation is 1. The summed E-state index contributed by atoms with van der Waals surface area (Å²) in [5.74, 6) is 0.237. The van der Waals surface area contributed by atoms with Crippen LogP contribution in [0.5, 0.6) is 0 Å². The minimum Gasteiger partial charge on any atom is -0.355 e. The summed E-state index contributed by atoms with van der Waals surface area (Å²) in [6.45, 7) is 3.15. The quantitative estimate of drug-likeness (QED) is 0.530. The standard InChI is InChI=1S/C26H31N5O4S/c1-18(32)31-15-5-6-19-16-21(10-11-24(19)31)36(34,35)30-14-4-7-20(17-30)26(33)27-13-12-25-28-22-8-2-3-9-23(22)29-25/h2-3,8-11,16,20H,4-7,12-15,17H2,1H3,(H,27,33)(H,28,29)/t20-/m0/s1. The number of nitrogens with zero attached hydrogens (tertiary/aromatic N) is 3. The van der Waals surface area contributed by atoms with E-state index in [4.69, 9.17) is 0 Å². The van der Waals surface area contributed by atoms with Gasteiger partial charge in [-0.05, 0) is 61.6 Å². The molecular formula is C26H31N5O4S. The van der Waals surface area contributed by atoms with Gasteiger partial charge in [0.15, 0.2) is 0 Å². The van der Waals surface area contributed by atoms with Crippen LogP contribution < -0.4 is 10.2 Å². The molecule has 2 amide bonds. The molecule has 2 aliphatic heterocycles. The molecule has 0 spiro atoms. The Morgan fingerprint density at radius 1 is 1.14 bits per heavy atom. The van der Waals surface area contributed by atoms with Crippen molar-refractivity contribution in [3.05, 3.63) is 53.9 Å². The number of piperidine rings is 1. The number of fused-ring (bicyclic) bond motifs is 2. The van der Waals surface area contributed by atoms with E-state index in [1.807, 2.05) is 24.3 Å². The van der Waals surface area contributed by atoms with Crippen LogP contribution in [0, 0.1) is 5.92 Å². The molecule has 0 radical (unpaired) electrons. The fourth-order valence-corrected chi connectivity index (χ4v) is 6.73. The third kappa shape index (κ3) is 4.87. The highest BCUT2D eigenvalue weighted by Crippen LogP contribution is 2.31. The van der Waals surface area contributed by atoms with E-state index in [-0.39, 0.29) is 23.3 Å². The number of hydrogen-bond donors (Lipinski definition) is 2. The second-order valence-electron chi connectivity index (χ2n) is 9.51. The van der Waals surface area contributed by atoms with Gasteiger partial charge >= 0.3 is 0 Å². The maximum Gasteiger partial charge on any atom is 0.243 e. The van der Waals surface area contributed by atoms with Crippen LogP contribution in [0.15, 0.2) is 47.4 Å². The zero-order chi connectivity index (χ0) is 25.3. The van der Waals surface area contributed by atoms with Gasteiger partial charge in [0.1, 0.15) is 5.82 Å². The molecule has 1 aromatic heterocycles. The zero-order valence-electron chi connectivity index (χ0n) is 20.4. The average Bonchev–Trinajstić information content (AvgIpc) is 3.30. The second-order valence-corrected chi connectivity index (χ2v) is 11.4. The second kappa shape index (κ2) is 10.0. The number of nitrogens with one attached hydrogen (secondary N) is 2. The Bertz CT molecular complexity index is 1370. The maximum atomic E-state index is 13.4. The highest BCUT2D eigenvalue weighted by atomic mass is 32.2. The molecule has 0 unspecified atom stereocenters. The Morgan fingerprint density at radius 3 is 2.78 bits per heavy atom. The van der Waals surface area contributed by atoms with E-state index in [0.29, 0.717) is 38.9 Å². The van der Waals surface area contributed by atoms with Gasteiger partial charge in [0.25, 0.3) is 0 Å². The smallest absolute Gasteiger partial charge is 0.243 e. The van der Waals surface area contributed by atoms with Crippen LogP contribution in [0.1, 0.15) is 37.6 Å². The molecule has 1 atom stereocenters. The molecule has 0 aliphatic carbocycles. The molecule has 2 aromatic carbocycles. The van der Waals surface area contributed by atoms with Crippen LogP contribution in [-0.2, 0) is 32.5 Å². The number of para-hydroxylation sites is 2. The molecule has 190 valence electrons. The van der Waals surface area contributed by atoms with Crippen molar-refractivity contribution < 1.29 is 18.0 Å². The van der Waals surface area contributed by atoms with Crippen molar-refractivity contribution in [3.63, 3.8) is 0 Å².